The minimum Gasteiger partial charge on any atom is -0.134 e. The van der Waals surface area contributed by atoms with E-state index < -0.39 is 0 Å². The molecule has 2 heteroatoms. The van der Waals surface area contributed by atoms with Crippen LogP contribution in [0.15, 0.2) is 72.8 Å². The predicted octanol–water partition coefficient (Wildman–Crippen LogP) is 12.5. The summed E-state index contributed by atoms with van der Waals surface area (Å²) in [5, 5.41) is 3.06. The van der Waals surface area contributed by atoms with Crippen molar-refractivity contribution in [1.82, 2.24) is 0 Å². The van der Waals surface area contributed by atoms with E-state index in [9.17, 15) is 0 Å². The average molecular weight is 539 g/mol. The van der Waals surface area contributed by atoms with Crippen LogP contribution in [0.4, 0.5) is 0 Å². The molecular weight excluding hydrogens is 497 g/mol. The molecule has 0 N–H and O–H groups in total. The van der Waals surface area contributed by atoms with Crippen LogP contribution in [0.3, 0.4) is 0 Å². The Labute approximate surface area is 237 Å². The molecule has 0 saturated carbocycles. The largest absolute Gasteiger partial charge is 0.134 e. The topological polar surface area (TPSA) is 0 Å². The third-order valence-corrected chi connectivity index (χ3v) is 10.4. The first-order valence-corrected chi connectivity index (χ1v) is 16.5. The molecule has 0 saturated heterocycles. The summed E-state index contributed by atoms with van der Waals surface area (Å²) < 4.78 is 3.01. The number of benzene rings is 3. The van der Waals surface area contributed by atoms with Crippen molar-refractivity contribution in [3.05, 3.63) is 83.9 Å². The molecular formula is C36H42S2. The van der Waals surface area contributed by atoms with Crippen molar-refractivity contribution >= 4 is 42.8 Å². The lowest BCUT2D eigenvalue weighted by atomic mass is 9.91. The maximum Gasteiger partial charge on any atom is 0.0530 e. The molecule has 0 nitrogen and oxygen atoms in total. The van der Waals surface area contributed by atoms with E-state index in [2.05, 4.69) is 86.6 Å². The van der Waals surface area contributed by atoms with Gasteiger partial charge in [-0.1, -0.05) is 126 Å². The zero-order valence-corrected chi connectivity index (χ0v) is 24.9. The van der Waals surface area contributed by atoms with Crippen LogP contribution in [0.1, 0.15) is 89.2 Å². The molecule has 0 radical (unpaired) electrons. The zero-order valence-electron chi connectivity index (χ0n) is 23.2. The highest BCUT2D eigenvalue weighted by molar-refractivity contribution is 7.30. The van der Waals surface area contributed by atoms with Crippen LogP contribution in [0.5, 0.6) is 0 Å². The summed E-state index contributed by atoms with van der Waals surface area (Å²) in [7, 11) is 0. The van der Waals surface area contributed by atoms with Gasteiger partial charge in [0, 0.05) is 9.75 Å². The third-order valence-electron chi connectivity index (χ3n) is 7.86. The summed E-state index contributed by atoms with van der Waals surface area (Å²) in [6.07, 6.45) is 15.8. The molecule has 198 valence electrons. The Kier molecular flexibility index (Phi) is 9.71. The number of thiophene rings is 2. The van der Waals surface area contributed by atoms with Crippen molar-refractivity contribution in [2.24, 2.45) is 0 Å². The van der Waals surface area contributed by atoms with Crippen molar-refractivity contribution < 1.29 is 0 Å². The standard InChI is InChI=1S/C36H42S2/c1-3-5-7-9-17-23-29-30(24-18-10-8-6-4-2)32-26-34(28-21-15-12-16-22-28)38-36(32)35-31(29)25-33(37-35)27-19-13-11-14-20-27/h11-16,19-22,25-26H,3-10,17-18,23-24H2,1-2H3. The number of unbranched alkanes of at least 4 members (excludes halogenated alkanes) is 8. The summed E-state index contributed by atoms with van der Waals surface area (Å²) in [4.78, 5) is 2.81. The maximum absolute atomic E-state index is 2.53. The third kappa shape index (κ3) is 6.24. The number of hydrogen-bond donors (Lipinski definition) is 0. The van der Waals surface area contributed by atoms with Gasteiger partial charge in [0.05, 0.1) is 9.40 Å². The van der Waals surface area contributed by atoms with Gasteiger partial charge in [-0.25, -0.2) is 0 Å². The van der Waals surface area contributed by atoms with Gasteiger partial charge in [0.25, 0.3) is 0 Å². The fraction of sp³-hybridized carbons (Fsp3) is 0.389. The summed E-state index contributed by atoms with van der Waals surface area (Å²) >= 11 is 4.01. The monoisotopic (exact) mass is 538 g/mol. The Hall–Kier alpha value is -2.42. The van der Waals surface area contributed by atoms with Crippen LogP contribution in [0.25, 0.3) is 41.1 Å². The fourth-order valence-corrected chi connectivity index (χ4v) is 8.30. The lowest BCUT2D eigenvalue weighted by Crippen LogP contribution is -1.98. The second kappa shape index (κ2) is 13.6. The van der Waals surface area contributed by atoms with Gasteiger partial charge in [-0.05, 0) is 70.8 Å². The fourth-order valence-electron chi connectivity index (χ4n) is 5.76. The number of aryl methyl sites for hydroxylation is 2. The van der Waals surface area contributed by atoms with E-state index in [1.54, 1.807) is 11.1 Å². The van der Waals surface area contributed by atoms with Gasteiger partial charge in [-0.3, -0.25) is 0 Å². The molecule has 3 aromatic carbocycles. The van der Waals surface area contributed by atoms with Crippen LogP contribution in [-0.2, 0) is 12.8 Å². The highest BCUT2D eigenvalue weighted by Crippen LogP contribution is 2.47. The molecule has 5 aromatic rings. The SMILES string of the molecule is CCCCCCCc1c(CCCCCCC)c2cc(-c3ccccc3)sc2c2sc(-c3ccccc3)cc12. The Bertz CT molecular complexity index is 1310. The van der Waals surface area contributed by atoms with Crippen molar-refractivity contribution in [2.75, 3.05) is 0 Å². The average Bonchev–Trinajstić information content (AvgIpc) is 3.60. The Balaban J connectivity index is 1.63. The minimum atomic E-state index is 1.21. The minimum absolute atomic E-state index is 1.21. The molecule has 2 heterocycles. The highest BCUT2D eigenvalue weighted by atomic mass is 32.1. The quantitative estimate of drug-likeness (QED) is 0.123. The molecule has 38 heavy (non-hydrogen) atoms. The molecule has 2 aromatic heterocycles. The molecule has 5 rings (SSSR count). The van der Waals surface area contributed by atoms with E-state index in [1.165, 1.54) is 118 Å². The van der Waals surface area contributed by atoms with Crippen LogP contribution >= 0.6 is 22.7 Å². The summed E-state index contributed by atoms with van der Waals surface area (Å²) in [6, 6.07) is 27.1. The van der Waals surface area contributed by atoms with Crippen molar-refractivity contribution in [1.29, 1.82) is 0 Å². The Morgan fingerprint density at radius 1 is 0.474 bits per heavy atom. The molecule has 0 aliphatic rings. The lowest BCUT2D eigenvalue weighted by molar-refractivity contribution is 0.623. The second-order valence-corrected chi connectivity index (χ2v) is 12.8. The van der Waals surface area contributed by atoms with E-state index in [4.69, 9.17) is 0 Å². The van der Waals surface area contributed by atoms with Crippen LogP contribution < -0.4 is 0 Å². The summed E-state index contributed by atoms with van der Waals surface area (Å²) in [6.45, 7) is 4.62. The molecule has 0 amide bonds. The summed E-state index contributed by atoms with van der Waals surface area (Å²) in [5.41, 5.74) is 5.99. The number of fused-ring (bicyclic) bond motifs is 3. The Morgan fingerprint density at radius 3 is 1.26 bits per heavy atom. The van der Waals surface area contributed by atoms with Crippen molar-refractivity contribution in [3.8, 4) is 20.9 Å². The molecule has 0 atom stereocenters. The van der Waals surface area contributed by atoms with Gasteiger partial charge in [-0.15, -0.1) is 22.7 Å². The maximum atomic E-state index is 2.53. The smallest absolute Gasteiger partial charge is 0.0530 e. The van der Waals surface area contributed by atoms with Crippen LogP contribution in [-0.4, -0.2) is 0 Å². The first-order chi connectivity index (χ1) is 18.8. The van der Waals surface area contributed by atoms with E-state index in [0.717, 1.165) is 0 Å². The first-order valence-electron chi connectivity index (χ1n) is 14.9. The van der Waals surface area contributed by atoms with E-state index in [0.29, 0.717) is 0 Å². The van der Waals surface area contributed by atoms with Gasteiger partial charge >= 0.3 is 0 Å². The van der Waals surface area contributed by atoms with Crippen LogP contribution in [0.2, 0.25) is 0 Å². The summed E-state index contributed by atoms with van der Waals surface area (Å²) in [5.74, 6) is 0. The van der Waals surface area contributed by atoms with Crippen molar-refractivity contribution in [3.63, 3.8) is 0 Å². The van der Waals surface area contributed by atoms with Gasteiger partial charge in [0.2, 0.25) is 0 Å². The van der Waals surface area contributed by atoms with Gasteiger partial charge in [0.1, 0.15) is 0 Å². The molecule has 0 spiro atoms. The van der Waals surface area contributed by atoms with E-state index >= 15 is 0 Å². The molecule has 0 unspecified atom stereocenters. The highest BCUT2D eigenvalue weighted by Gasteiger charge is 2.20. The van der Waals surface area contributed by atoms with Gasteiger partial charge in [0.15, 0.2) is 0 Å². The number of rotatable bonds is 14. The second-order valence-electron chi connectivity index (χ2n) is 10.7. The molecule has 0 fully saturated rings. The van der Waals surface area contributed by atoms with E-state index in [1.807, 2.05) is 22.7 Å². The van der Waals surface area contributed by atoms with Gasteiger partial charge < -0.3 is 0 Å². The predicted molar refractivity (Wildman–Crippen MR) is 173 cm³/mol. The van der Waals surface area contributed by atoms with E-state index in [-0.39, 0.29) is 0 Å². The number of hydrogen-bond acceptors (Lipinski definition) is 2. The normalized spacial score (nSPS) is 11.6. The molecule has 0 aliphatic heterocycles. The first kappa shape index (κ1) is 27.2. The van der Waals surface area contributed by atoms with Gasteiger partial charge in [-0.2, -0.15) is 0 Å². The lowest BCUT2D eigenvalue weighted by Gasteiger charge is -2.14. The zero-order chi connectivity index (χ0) is 26.2. The van der Waals surface area contributed by atoms with Crippen LogP contribution in [0, 0.1) is 0 Å². The van der Waals surface area contributed by atoms with Crippen molar-refractivity contribution in [2.45, 2.75) is 90.9 Å². The Morgan fingerprint density at radius 2 is 0.868 bits per heavy atom. The molecule has 0 bridgehead atoms. The molecule has 0 aliphatic carbocycles.